The number of nitroso groups, excluding NO2 is 1. The van der Waals surface area contributed by atoms with E-state index in [1.807, 2.05) is 0 Å². The normalized spacial score (nSPS) is 9.55. The number of aryl methyl sites for hydroxylation is 1. The molecule has 0 aliphatic heterocycles. The first-order valence-electron chi connectivity index (χ1n) is 2.75. The lowest BCUT2D eigenvalue weighted by Gasteiger charge is -1.97. The van der Waals surface area contributed by atoms with Gasteiger partial charge >= 0.3 is 0 Å². The van der Waals surface area contributed by atoms with Crippen molar-refractivity contribution in [2.24, 2.45) is 5.18 Å². The molecule has 0 bridgehead atoms. The van der Waals surface area contributed by atoms with Gasteiger partial charge in [-0.25, -0.2) is 0 Å². The molecule has 58 valence electrons. The number of hydrogen-bond donors (Lipinski definition) is 2. The van der Waals surface area contributed by atoms with Crippen LogP contribution in [0.1, 0.15) is 5.82 Å². The van der Waals surface area contributed by atoms with Gasteiger partial charge in [-0.05, 0) is 12.1 Å². The van der Waals surface area contributed by atoms with Gasteiger partial charge < -0.3 is 10.2 Å². The van der Waals surface area contributed by atoms with Crippen molar-refractivity contribution in [3.63, 3.8) is 0 Å². The van der Waals surface area contributed by atoms with Crippen molar-refractivity contribution >= 4 is 5.69 Å². The fourth-order valence-electron chi connectivity index (χ4n) is 0.619. The Hall–Kier alpha value is -1.72. The van der Waals surface area contributed by atoms with Crippen LogP contribution < -0.4 is 0 Å². The summed E-state index contributed by atoms with van der Waals surface area (Å²) >= 11 is 0. The molecule has 0 fully saturated rings. The summed E-state index contributed by atoms with van der Waals surface area (Å²) in [5.41, 5.74) is -0.532. The van der Waals surface area contributed by atoms with E-state index in [0.29, 0.717) is 0 Å². The van der Waals surface area contributed by atoms with Crippen LogP contribution in [0.3, 0.4) is 0 Å². The van der Waals surface area contributed by atoms with Gasteiger partial charge in [0.25, 0.3) is 0 Å². The maximum atomic E-state index is 9.91. The van der Waals surface area contributed by atoms with Crippen LogP contribution in [0.5, 0.6) is 11.8 Å². The third kappa shape index (κ3) is 1.23. The van der Waals surface area contributed by atoms with Crippen LogP contribution >= 0.6 is 0 Å². The summed E-state index contributed by atoms with van der Waals surface area (Å²) in [5, 5.41) is 20.1. The smallest absolute Gasteiger partial charge is 0.248 e. The molecule has 0 aromatic carbocycles. The zero-order chi connectivity index (χ0) is 8.43. The number of nitrogens with zero attached hydrogens (tertiary/aromatic N) is 3. The van der Waals surface area contributed by atoms with Gasteiger partial charge in [0.15, 0.2) is 0 Å². The van der Waals surface area contributed by atoms with E-state index < -0.39 is 17.4 Å². The van der Waals surface area contributed by atoms with Crippen molar-refractivity contribution in [2.75, 3.05) is 0 Å². The predicted molar refractivity (Wildman–Crippen MR) is 35.6 cm³/mol. The van der Waals surface area contributed by atoms with Crippen molar-refractivity contribution in [3.8, 4) is 11.8 Å². The molecule has 0 amide bonds. The van der Waals surface area contributed by atoms with E-state index in [1.165, 1.54) is 6.92 Å². The average Bonchev–Trinajstić information content (AvgIpc) is 1.85. The Bertz CT molecular complexity index is 276. The van der Waals surface area contributed by atoms with E-state index in [2.05, 4.69) is 15.1 Å². The minimum Gasteiger partial charge on any atom is -0.491 e. The highest BCUT2D eigenvalue weighted by atomic mass is 16.3. The van der Waals surface area contributed by atoms with Gasteiger partial charge in [0.1, 0.15) is 5.82 Å². The van der Waals surface area contributed by atoms with E-state index in [-0.39, 0.29) is 5.82 Å². The van der Waals surface area contributed by atoms with E-state index in [1.54, 1.807) is 0 Å². The van der Waals surface area contributed by atoms with Gasteiger partial charge in [-0.3, -0.25) is 0 Å². The highest BCUT2D eigenvalue weighted by molar-refractivity contribution is 5.53. The summed E-state index contributed by atoms with van der Waals surface area (Å²) in [5.74, 6) is -1.04. The fourth-order valence-corrected chi connectivity index (χ4v) is 0.619. The zero-order valence-electron chi connectivity index (χ0n) is 5.64. The lowest BCUT2D eigenvalue weighted by Crippen LogP contribution is -1.87. The lowest BCUT2D eigenvalue weighted by atomic mass is 10.5. The lowest BCUT2D eigenvalue weighted by molar-refractivity contribution is 0.421. The van der Waals surface area contributed by atoms with E-state index in [0.717, 1.165) is 0 Å². The van der Waals surface area contributed by atoms with Gasteiger partial charge in [0, 0.05) is 0 Å². The van der Waals surface area contributed by atoms with E-state index >= 15 is 0 Å². The Morgan fingerprint density at radius 2 is 1.73 bits per heavy atom. The topological polar surface area (TPSA) is 95.7 Å². The van der Waals surface area contributed by atoms with Gasteiger partial charge in [0.2, 0.25) is 17.4 Å². The zero-order valence-corrected chi connectivity index (χ0v) is 5.64. The minimum absolute atomic E-state index is 0.174. The Labute approximate surface area is 61.5 Å². The van der Waals surface area contributed by atoms with Crippen LogP contribution in [-0.2, 0) is 0 Å². The molecule has 0 unspecified atom stereocenters. The molecule has 1 aromatic rings. The first-order chi connectivity index (χ1) is 5.15. The van der Waals surface area contributed by atoms with Crippen LogP contribution in [0.2, 0.25) is 0 Å². The van der Waals surface area contributed by atoms with Crippen molar-refractivity contribution < 1.29 is 10.2 Å². The summed E-state index contributed by atoms with van der Waals surface area (Å²) in [6, 6.07) is 0. The molecule has 6 nitrogen and oxygen atoms in total. The molecular weight excluding hydrogens is 150 g/mol. The molecule has 0 radical (unpaired) electrons. The quantitative estimate of drug-likeness (QED) is 0.578. The number of aromatic nitrogens is 2. The van der Waals surface area contributed by atoms with Gasteiger partial charge in [-0.2, -0.15) is 9.97 Å². The highest BCUT2D eigenvalue weighted by Gasteiger charge is 2.11. The molecule has 1 aromatic heterocycles. The van der Waals surface area contributed by atoms with Crippen LogP contribution in [0, 0.1) is 11.8 Å². The Morgan fingerprint density at radius 3 is 2.09 bits per heavy atom. The maximum absolute atomic E-state index is 9.91. The van der Waals surface area contributed by atoms with Gasteiger partial charge in [-0.1, -0.05) is 0 Å². The molecule has 0 saturated carbocycles. The molecule has 0 atom stereocenters. The molecular formula is C5H5N3O3. The molecule has 6 heteroatoms. The second-order valence-corrected chi connectivity index (χ2v) is 1.86. The molecule has 1 rings (SSSR count). The van der Waals surface area contributed by atoms with Crippen LogP contribution in [-0.4, -0.2) is 20.2 Å². The largest absolute Gasteiger partial charge is 0.491 e. The first kappa shape index (κ1) is 7.39. The van der Waals surface area contributed by atoms with E-state index in [4.69, 9.17) is 10.2 Å². The average molecular weight is 155 g/mol. The molecule has 2 N–H and O–H groups in total. The number of rotatable bonds is 1. The molecule has 11 heavy (non-hydrogen) atoms. The third-order valence-electron chi connectivity index (χ3n) is 1.05. The van der Waals surface area contributed by atoms with Crippen LogP contribution in [0.15, 0.2) is 5.18 Å². The summed E-state index contributed by atoms with van der Waals surface area (Å²) in [6.07, 6.45) is 0. The highest BCUT2D eigenvalue weighted by Crippen LogP contribution is 2.31. The van der Waals surface area contributed by atoms with Crippen LogP contribution in [0.25, 0.3) is 0 Å². The van der Waals surface area contributed by atoms with Crippen molar-refractivity contribution in [2.45, 2.75) is 6.92 Å². The van der Waals surface area contributed by atoms with Gasteiger partial charge in [0.05, 0.1) is 0 Å². The Kier molecular flexibility index (Phi) is 1.67. The molecule has 1 heterocycles. The number of hydrogen-bond acceptors (Lipinski definition) is 6. The fraction of sp³-hybridized carbons (Fsp3) is 0.200. The molecule has 0 aliphatic carbocycles. The summed E-state index contributed by atoms with van der Waals surface area (Å²) in [4.78, 5) is 16.7. The van der Waals surface area contributed by atoms with E-state index in [9.17, 15) is 4.91 Å². The maximum Gasteiger partial charge on any atom is 0.248 e. The van der Waals surface area contributed by atoms with Gasteiger partial charge in [-0.15, -0.1) is 4.91 Å². The molecule has 0 aliphatic rings. The predicted octanol–water partition coefficient (Wildman–Crippen LogP) is 0.594. The molecule has 0 saturated heterocycles. The second-order valence-electron chi connectivity index (χ2n) is 1.86. The third-order valence-corrected chi connectivity index (χ3v) is 1.05. The molecule has 0 spiro atoms. The second kappa shape index (κ2) is 2.49. The van der Waals surface area contributed by atoms with Crippen molar-refractivity contribution in [1.29, 1.82) is 0 Å². The summed E-state index contributed by atoms with van der Waals surface area (Å²) in [7, 11) is 0. The Balaban J connectivity index is 3.36. The minimum atomic E-state index is -0.606. The number of aromatic hydroxyl groups is 2. The van der Waals surface area contributed by atoms with Crippen molar-refractivity contribution in [3.05, 3.63) is 10.7 Å². The summed E-state index contributed by atoms with van der Waals surface area (Å²) < 4.78 is 0. The monoisotopic (exact) mass is 155 g/mol. The first-order valence-corrected chi connectivity index (χ1v) is 2.75. The van der Waals surface area contributed by atoms with Crippen molar-refractivity contribution in [1.82, 2.24) is 9.97 Å². The SMILES string of the molecule is Cc1nc(O)c(N=O)c(O)n1. The summed E-state index contributed by atoms with van der Waals surface area (Å²) in [6.45, 7) is 1.47. The standard InChI is InChI=1S/C5H5N3O3/c1-2-6-4(9)3(8-11)5(10)7-2/h1H3,(H2,6,7,9,10). The Morgan fingerprint density at radius 1 is 1.27 bits per heavy atom. The van der Waals surface area contributed by atoms with Crippen LogP contribution in [0.4, 0.5) is 5.69 Å².